The van der Waals surface area contributed by atoms with E-state index in [-0.39, 0.29) is 18.0 Å². The maximum atomic E-state index is 11.4. The van der Waals surface area contributed by atoms with Gasteiger partial charge in [-0.15, -0.1) is 0 Å². The molecule has 2 rings (SSSR count). The highest BCUT2D eigenvalue weighted by Crippen LogP contribution is 2.48. The number of rotatable bonds is 6. The van der Waals surface area contributed by atoms with Gasteiger partial charge in [0.1, 0.15) is 0 Å². The third kappa shape index (κ3) is 2.47. The SMILES string of the molecule is CCC(COC)NC1C2CCC(C2)C1C(=O)O. The molecule has 2 saturated carbocycles. The monoisotopic (exact) mass is 241 g/mol. The van der Waals surface area contributed by atoms with Crippen LogP contribution in [0.4, 0.5) is 0 Å². The van der Waals surface area contributed by atoms with Gasteiger partial charge in [0.25, 0.3) is 0 Å². The van der Waals surface area contributed by atoms with Crippen molar-refractivity contribution in [1.29, 1.82) is 0 Å². The first kappa shape index (κ1) is 12.8. The number of aliphatic carboxylic acids is 1. The molecule has 5 atom stereocenters. The Morgan fingerprint density at radius 2 is 2.18 bits per heavy atom. The summed E-state index contributed by atoms with van der Waals surface area (Å²) in [6.07, 6.45) is 4.36. The highest BCUT2D eigenvalue weighted by Gasteiger charge is 2.51. The number of nitrogens with one attached hydrogen (secondary N) is 1. The Kier molecular flexibility index (Phi) is 4.05. The molecular weight excluding hydrogens is 218 g/mol. The first-order chi connectivity index (χ1) is 8.17. The van der Waals surface area contributed by atoms with Gasteiger partial charge in [-0.3, -0.25) is 4.79 Å². The van der Waals surface area contributed by atoms with Crippen LogP contribution in [0.25, 0.3) is 0 Å². The first-order valence-corrected chi connectivity index (χ1v) is 6.65. The largest absolute Gasteiger partial charge is 0.481 e. The molecule has 2 bridgehead atoms. The Bertz CT molecular complexity index is 282. The second-order valence-corrected chi connectivity index (χ2v) is 5.45. The van der Waals surface area contributed by atoms with Gasteiger partial charge >= 0.3 is 5.97 Å². The molecule has 0 saturated heterocycles. The average molecular weight is 241 g/mol. The average Bonchev–Trinajstić information content (AvgIpc) is 2.88. The third-order valence-corrected chi connectivity index (χ3v) is 4.49. The molecule has 4 nitrogen and oxygen atoms in total. The summed E-state index contributed by atoms with van der Waals surface area (Å²) >= 11 is 0. The van der Waals surface area contributed by atoms with Crippen molar-refractivity contribution in [2.75, 3.05) is 13.7 Å². The normalized spacial score (nSPS) is 37.3. The lowest BCUT2D eigenvalue weighted by Crippen LogP contribution is -2.49. The summed E-state index contributed by atoms with van der Waals surface area (Å²) in [5.41, 5.74) is 0. The highest BCUT2D eigenvalue weighted by molar-refractivity contribution is 5.72. The summed E-state index contributed by atoms with van der Waals surface area (Å²) < 4.78 is 5.17. The molecule has 2 aliphatic carbocycles. The number of hydrogen-bond donors (Lipinski definition) is 2. The van der Waals surface area contributed by atoms with E-state index >= 15 is 0 Å². The summed E-state index contributed by atoms with van der Waals surface area (Å²) in [4.78, 5) is 11.4. The molecule has 0 aromatic rings. The van der Waals surface area contributed by atoms with Crippen molar-refractivity contribution in [3.63, 3.8) is 0 Å². The lowest BCUT2D eigenvalue weighted by atomic mass is 9.84. The molecule has 17 heavy (non-hydrogen) atoms. The number of carbonyl (C=O) groups is 1. The molecular formula is C13H23NO3. The summed E-state index contributed by atoms with van der Waals surface area (Å²) in [5.74, 6) is 0.156. The molecule has 98 valence electrons. The van der Waals surface area contributed by atoms with Crippen LogP contribution in [0.15, 0.2) is 0 Å². The minimum absolute atomic E-state index is 0.159. The Hall–Kier alpha value is -0.610. The van der Waals surface area contributed by atoms with Gasteiger partial charge in [0.2, 0.25) is 0 Å². The van der Waals surface area contributed by atoms with Gasteiger partial charge in [-0.25, -0.2) is 0 Å². The topological polar surface area (TPSA) is 58.6 Å². The van der Waals surface area contributed by atoms with Crippen LogP contribution in [-0.4, -0.2) is 36.9 Å². The van der Waals surface area contributed by atoms with Crippen molar-refractivity contribution in [2.24, 2.45) is 17.8 Å². The van der Waals surface area contributed by atoms with Crippen molar-refractivity contribution in [3.8, 4) is 0 Å². The summed E-state index contributed by atoms with van der Waals surface area (Å²) in [5, 5.41) is 12.9. The van der Waals surface area contributed by atoms with E-state index in [1.807, 2.05) is 0 Å². The van der Waals surface area contributed by atoms with Gasteiger partial charge in [-0.2, -0.15) is 0 Å². The molecule has 0 radical (unpaired) electrons. The lowest BCUT2D eigenvalue weighted by molar-refractivity contribution is -0.144. The number of hydrogen-bond acceptors (Lipinski definition) is 3. The smallest absolute Gasteiger partial charge is 0.308 e. The molecule has 0 amide bonds. The van der Waals surface area contributed by atoms with E-state index in [4.69, 9.17) is 4.74 Å². The van der Waals surface area contributed by atoms with E-state index in [0.29, 0.717) is 18.4 Å². The minimum Gasteiger partial charge on any atom is -0.481 e. The van der Waals surface area contributed by atoms with Crippen LogP contribution in [0.3, 0.4) is 0 Å². The number of methoxy groups -OCH3 is 1. The van der Waals surface area contributed by atoms with Crippen LogP contribution in [0.1, 0.15) is 32.6 Å². The molecule has 0 heterocycles. The van der Waals surface area contributed by atoms with Gasteiger partial charge < -0.3 is 15.2 Å². The van der Waals surface area contributed by atoms with E-state index < -0.39 is 5.97 Å². The van der Waals surface area contributed by atoms with Crippen LogP contribution in [0.5, 0.6) is 0 Å². The van der Waals surface area contributed by atoms with Crippen LogP contribution in [-0.2, 0) is 9.53 Å². The summed E-state index contributed by atoms with van der Waals surface area (Å²) in [6, 6.07) is 0.442. The Morgan fingerprint density at radius 1 is 1.47 bits per heavy atom. The quantitative estimate of drug-likeness (QED) is 0.740. The van der Waals surface area contributed by atoms with Crippen molar-refractivity contribution in [1.82, 2.24) is 5.32 Å². The molecule has 2 N–H and O–H groups in total. The summed E-state index contributed by atoms with van der Waals surface area (Å²) in [6.45, 7) is 2.77. The predicted molar refractivity (Wildman–Crippen MR) is 64.8 cm³/mol. The standard InChI is InChI=1S/C13H23NO3/c1-3-10(7-17-2)14-12-9-5-4-8(6-9)11(12)13(15)16/h8-12,14H,3-7H2,1-2H3,(H,15,16). The fraction of sp³-hybridized carbons (Fsp3) is 0.923. The third-order valence-electron chi connectivity index (χ3n) is 4.49. The number of fused-ring (bicyclic) bond motifs is 2. The zero-order chi connectivity index (χ0) is 12.4. The van der Waals surface area contributed by atoms with Gasteiger partial charge in [0.15, 0.2) is 0 Å². The van der Waals surface area contributed by atoms with Crippen molar-refractivity contribution >= 4 is 5.97 Å². The Morgan fingerprint density at radius 3 is 2.76 bits per heavy atom. The number of ether oxygens (including phenoxy) is 1. The van der Waals surface area contributed by atoms with E-state index in [0.717, 1.165) is 19.3 Å². The van der Waals surface area contributed by atoms with Crippen LogP contribution in [0, 0.1) is 17.8 Å². The van der Waals surface area contributed by atoms with E-state index in [1.54, 1.807) is 7.11 Å². The van der Waals surface area contributed by atoms with E-state index in [2.05, 4.69) is 12.2 Å². The molecule has 2 aliphatic rings. The molecule has 0 aliphatic heterocycles. The van der Waals surface area contributed by atoms with Gasteiger partial charge in [0, 0.05) is 19.2 Å². The number of carboxylic acid groups (broad SMARTS) is 1. The fourth-order valence-electron chi connectivity index (χ4n) is 3.64. The van der Waals surface area contributed by atoms with E-state index in [1.165, 1.54) is 6.42 Å². The maximum Gasteiger partial charge on any atom is 0.308 e. The van der Waals surface area contributed by atoms with Gasteiger partial charge in [-0.05, 0) is 37.5 Å². The summed E-state index contributed by atoms with van der Waals surface area (Å²) in [7, 11) is 1.69. The second-order valence-electron chi connectivity index (χ2n) is 5.45. The van der Waals surface area contributed by atoms with Crippen LogP contribution >= 0.6 is 0 Å². The maximum absolute atomic E-state index is 11.4. The first-order valence-electron chi connectivity index (χ1n) is 6.65. The van der Waals surface area contributed by atoms with Crippen molar-refractivity contribution < 1.29 is 14.6 Å². The van der Waals surface area contributed by atoms with Crippen LogP contribution in [0.2, 0.25) is 0 Å². The predicted octanol–water partition coefficient (Wildman–Crippen LogP) is 1.50. The molecule has 5 unspecified atom stereocenters. The number of carboxylic acids is 1. The molecule has 2 fully saturated rings. The highest BCUT2D eigenvalue weighted by atomic mass is 16.5. The van der Waals surface area contributed by atoms with Crippen molar-refractivity contribution in [2.45, 2.75) is 44.7 Å². The van der Waals surface area contributed by atoms with E-state index in [9.17, 15) is 9.90 Å². The second kappa shape index (κ2) is 5.36. The molecule has 0 spiro atoms. The van der Waals surface area contributed by atoms with Gasteiger partial charge in [0.05, 0.1) is 12.5 Å². The van der Waals surface area contributed by atoms with Crippen molar-refractivity contribution in [3.05, 3.63) is 0 Å². The zero-order valence-electron chi connectivity index (χ0n) is 10.7. The molecule has 0 aromatic carbocycles. The fourth-order valence-corrected chi connectivity index (χ4v) is 3.64. The van der Waals surface area contributed by atoms with Gasteiger partial charge in [-0.1, -0.05) is 6.92 Å². The Labute approximate surface area is 103 Å². The zero-order valence-corrected chi connectivity index (χ0v) is 10.7. The minimum atomic E-state index is -0.623. The molecule has 4 heteroatoms. The molecule has 0 aromatic heterocycles. The lowest BCUT2D eigenvalue weighted by Gasteiger charge is -2.32. The Balaban J connectivity index is 2.00. The van der Waals surface area contributed by atoms with Crippen LogP contribution < -0.4 is 5.32 Å².